The van der Waals surface area contributed by atoms with Crippen molar-refractivity contribution in [1.29, 1.82) is 0 Å². The summed E-state index contributed by atoms with van der Waals surface area (Å²) >= 11 is 0. The molecule has 1 unspecified atom stereocenters. The Bertz CT molecular complexity index is 353. The first-order valence-corrected chi connectivity index (χ1v) is 8.10. The van der Waals surface area contributed by atoms with E-state index >= 15 is 0 Å². The fourth-order valence-electron chi connectivity index (χ4n) is 3.07. The Labute approximate surface area is 117 Å². The first-order valence-electron chi connectivity index (χ1n) is 8.10. The van der Waals surface area contributed by atoms with Gasteiger partial charge in [-0.2, -0.15) is 0 Å². The zero-order valence-electron chi connectivity index (χ0n) is 12.6. The van der Waals surface area contributed by atoms with Crippen LogP contribution < -0.4 is 5.32 Å². The molecule has 0 aliphatic heterocycles. The number of unbranched alkanes of at least 4 members (excludes halogenated alkanes) is 3. The molecule has 1 aromatic rings. The van der Waals surface area contributed by atoms with E-state index in [1.807, 2.05) is 6.20 Å². The highest BCUT2D eigenvalue weighted by Gasteiger charge is 2.19. The van der Waals surface area contributed by atoms with Crippen molar-refractivity contribution < 1.29 is 0 Å². The van der Waals surface area contributed by atoms with E-state index in [0.29, 0.717) is 12.1 Å². The van der Waals surface area contributed by atoms with Gasteiger partial charge in [0.25, 0.3) is 0 Å². The number of aromatic nitrogens is 2. The van der Waals surface area contributed by atoms with Crippen LogP contribution in [0, 0.1) is 0 Å². The quantitative estimate of drug-likeness (QED) is 0.685. The van der Waals surface area contributed by atoms with E-state index in [-0.39, 0.29) is 0 Å². The maximum atomic E-state index is 4.50. The Morgan fingerprint density at radius 2 is 2.11 bits per heavy atom. The van der Waals surface area contributed by atoms with Gasteiger partial charge in [0, 0.05) is 24.5 Å². The summed E-state index contributed by atoms with van der Waals surface area (Å²) in [6, 6.07) is 1.21. The second-order valence-corrected chi connectivity index (χ2v) is 5.99. The van der Waals surface area contributed by atoms with E-state index in [1.165, 1.54) is 57.8 Å². The van der Waals surface area contributed by atoms with Gasteiger partial charge in [0.15, 0.2) is 0 Å². The van der Waals surface area contributed by atoms with Gasteiger partial charge in [0.2, 0.25) is 5.95 Å². The van der Waals surface area contributed by atoms with Crippen molar-refractivity contribution in [3.8, 4) is 0 Å². The van der Waals surface area contributed by atoms with Crippen LogP contribution in [0.4, 0.5) is 5.95 Å². The van der Waals surface area contributed by atoms with Crippen molar-refractivity contribution in [3.05, 3.63) is 12.4 Å². The van der Waals surface area contributed by atoms with Crippen molar-refractivity contribution in [1.82, 2.24) is 9.55 Å². The normalized spacial score (nSPS) is 17.8. The standard InChI is InChI=1S/C16H29N3/c1-3-4-5-6-9-14(2)18-16-17-12-13-19(16)15-10-7-8-11-15/h12-15H,3-11H2,1-2H3,(H,17,18). The minimum Gasteiger partial charge on any atom is -0.353 e. The summed E-state index contributed by atoms with van der Waals surface area (Å²) in [7, 11) is 0. The number of nitrogens with zero attached hydrogens (tertiary/aromatic N) is 2. The van der Waals surface area contributed by atoms with Crippen LogP contribution in [-0.2, 0) is 0 Å². The minimum atomic E-state index is 0.527. The first kappa shape index (κ1) is 14.4. The van der Waals surface area contributed by atoms with Gasteiger partial charge >= 0.3 is 0 Å². The predicted octanol–water partition coefficient (Wildman–Crippen LogP) is 4.77. The number of nitrogens with one attached hydrogen (secondary N) is 1. The van der Waals surface area contributed by atoms with Crippen LogP contribution in [0.1, 0.15) is 77.7 Å². The zero-order valence-corrected chi connectivity index (χ0v) is 12.6. The van der Waals surface area contributed by atoms with Crippen LogP contribution in [0.15, 0.2) is 12.4 Å². The van der Waals surface area contributed by atoms with Crippen LogP contribution >= 0.6 is 0 Å². The van der Waals surface area contributed by atoms with Gasteiger partial charge in [-0.05, 0) is 26.2 Å². The molecule has 1 saturated carbocycles. The molecule has 1 N–H and O–H groups in total. The molecular weight excluding hydrogens is 234 g/mol. The van der Waals surface area contributed by atoms with Crippen LogP contribution in [-0.4, -0.2) is 15.6 Å². The van der Waals surface area contributed by atoms with E-state index in [0.717, 1.165) is 5.95 Å². The molecule has 3 heteroatoms. The molecule has 0 saturated heterocycles. The maximum Gasteiger partial charge on any atom is 0.203 e. The van der Waals surface area contributed by atoms with Gasteiger partial charge in [0.05, 0.1) is 0 Å². The molecule has 1 aromatic heterocycles. The summed E-state index contributed by atoms with van der Waals surface area (Å²) in [5.41, 5.74) is 0. The molecule has 1 atom stereocenters. The highest BCUT2D eigenvalue weighted by molar-refractivity contribution is 5.28. The third kappa shape index (κ3) is 4.26. The van der Waals surface area contributed by atoms with E-state index in [1.54, 1.807) is 0 Å². The number of anilines is 1. The lowest BCUT2D eigenvalue weighted by molar-refractivity contribution is 0.516. The highest BCUT2D eigenvalue weighted by Crippen LogP contribution is 2.31. The molecule has 2 rings (SSSR count). The van der Waals surface area contributed by atoms with Crippen molar-refractivity contribution >= 4 is 5.95 Å². The monoisotopic (exact) mass is 263 g/mol. The molecule has 1 fully saturated rings. The van der Waals surface area contributed by atoms with Crippen molar-refractivity contribution in [2.45, 2.75) is 83.7 Å². The zero-order chi connectivity index (χ0) is 13.5. The first-order chi connectivity index (χ1) is 9.31. The van der Waals surface area contributed by atoms with Gasteiger partial charge in [-0.3, -0.25) is 0 Å². The molecule has 0 radical (unpaired) electrons. The minimum absolute atomic E-state index is 0.527. The molecule has 3 nitrogen and oxygen atoms in total. The number of imidazole rings is 1. The van der Waals surface area contributed by atoms with E-state index in [4.69, 9.17) is 0 Å². The molecule has 0 aromatic carbocycles. The Morgan fingerprint density at radius 1 is 1.32 bits per heavy atom. The van der Waals surface area contributed by atoms with E-state index < -0.39 is 0 Å². The lowest BCUT2D eigenvalue weighted by atomic mass is 10.1. The molecule has 1 aliphatic rings. The Morgan fingerprint density at radius 3 is 2.84 bits per heavy atom. The summed E-state index contributed by atoms with van der Waals surface area (Å²) in [4.78, 5) is 4.50. The fourth-order valence-corrected chi connectivity index (χ4v) is 3.07. The fraction of sp³-hybridized carbons (Fsp3) is 0.812. The molecule has 0 spiro atoms. The highest BCUT2D eigenvalue weighted by atomic mass is 15.2. The number of hydrogen-bond donors (Lipinski definition) is 1. The third-order valence-corrected chi connectivity index (χ3v) is 4.25. The smallest absolute Gasteiger partial charge is 0.203 e. The van der Waals surface area contributed by atoms with Crippen molar-refractivity contribution in [2.24, 2.45) is 0 Å². The third-order valence-electron chi connectivity index (χ3n) is 4.25. The molecule has 108 valence electrons. The summed E-state index contributed by atoms with van der Waals surface area (Å²) in [6.45, 7) is 4.54. The average Bonchev–Trinajstić information content (AvgIpc) is 3.04. The van der Waals surface area contributed by atoms with Gasteiger partial charge in [0.1, 0.15) is 0 Å². The summed E-state index contributed by atoms with van der Waals surface area (Å²) < 4.78 is 2.36. The SMILES string of the molecule is CCCCCCC(C)Nc1nccn1C1CCCC1. The van der Waals surface area contributed by atoms with E-state index in [2.05, 4.69) is 34.9 Å². The average molecular weight is 263 g/mol. The summed E-state index contributed by atoms with van der Waals surface area (Å²) in [5.74, 6) is 1.08. The lowest BCUT2D eigenvalue weighted by Crippen LogP contribution is -2.19. The van der Waals surface area contributed by atoms with Gasteiger partial charge in [-0.1, -0.05) is 45.4 Å². The van der Waals surface area contributed by atoms with Crippen molar-refractivity contribution in [3.63, 3.8) is 0 Å². The molecule has 1 aliphatic carbocycles. The predicted molar refractivity (Wildman–Crippen MR) is 81.6 cm³/mol. The second kappa shape index (κ2) is 7.56. The molecule has 0 amide bonds. The number of rotatable bonds is 8. The largest absolute Gasteiger partial charge is 0.353 e. The van der Waals surface area contributed by atoms with Crippen molar-refractivity contribution in [2.75, 3.05) is 5.32 Å². The Hall–Kier alpha value is -0.990. The van der Waals surface area contributed by atoms with Crippen LogP contribution in [0.3, 0.4) is 0 Å². The topological polar surface area (TPSA) is 29.9 Å². The maximum absolute atomic E-state index is 4.50. The summed E-state index contributed by atoms with van der Waals surface area (Å²) in [5, 5.41) is 3.60. The second-order valence-electron chi connectivity index (χ2n) is 5.99. The summed E-state index contributed by atoms with van der Waals surface area (Å²) in [6.07, 6.45) is 16.1. The van der Waals surface area contributed by atoms with Gasteiger partial charge in [-0.25, -0.2) is 4.98 Å². The van der Waals surface area contributed by atoms with Gasteiger partial charge in [-0.15, -0.1) is 0 Å². The van der Waals surface area contributed by atoms with Crippen LogP contribution in [0.2, 0.25) is 0 Å². The lowest BCUT2D eigenvalue weighted by Gasteiger charge is -2.19. The Kier molecular flexibility index (Phi) is 5.74. The van der Waals surface area contributed by atoms with Crippen LogP contribution in [0.5, 0.6) is 0 Å². The molecule has 1 heterocycles. The number of hydrogen-bond acceptors (Lipinski definition) is 2. The van der Waals surface area contributed by atoms with Gasteiger partial charge < -0.3 is 9.88 Å². The van der Waals surface area contributed by atoms with Crippen LogP contribution in [0.25, 0.3) is 0 Å². The molecular formula is C16H29N3. The molecule has 0 bridgehead atoms. The molecule has 19 heavy (non-hydrogen) atoms. The Balaban J connectivity index is 1.80. The van der Waals surface area contributed by atoms with E-state index in [9.17, 15) is 0 Å².